The van der Waals surface area contributed by atoms with E-state index in [1.165, 1.54) is 6.07 Å². The fraction of sp³-hybridized carbons (Fsp3) is 0.538. The van der Waals surface area contributed by atoms with Crippen molar-refractivity contribution in [2.45, 2.75) is 39.2 Å². The summed E-state index contributed by atoms with van der Waals surface area (Å²) in [6.45, 7) is 4.07. The molecule has 17 heavy (non-hydrogen) atoms. The van der Waals surface area contributed by atoms with Crippen LogP contribution in [0.3, 0.4) is 0 Å². The fourth-order valence-corrected chi connectivity index (χ4v) is 2.00. The Morgan fingerprint density at radius 2 is 1.82 bits per heavy atom. The molecular weight excluding hydrogens is 227 g/mol. The van der Waals surface area contributed by atoms with E-state index in [4.69, 9.17) is 5.73 Å². The number of nitrogens with two attached hydrogens (primary N) is 1. The summed E-state index contributed by atoms with van der Waals surface area (Å²) in [5.74, 6) is -3.45. The van der Waals surface area contributed by atoms with Gasteiger partial charge in [0.05, 0.1) is 0 Å². The minimum atomic E-state index is -1.44. The van der Waals surface area contributed by atoms with E-state index in [1.807, 2.05) is 6.92 Å². The van der Waals surface area contributed by atoms with E-state index in [-0.39, 0.29) is 5.56 Å². The lowest BCUT2D eigenvalue weighted by molar-refractivity contribution is 0.408. The van der Waals surface area contributed by atoms with Gasteiger partial charge >= 0.3 is 0 Å². The maximum atomic E-state index is 13.5. The van der Waals surface area contributed by atoms with Crippen LogP contribution in [-0.2, 0) is 0 Å². The predicted octanol–water partition coefficient (Wildman–Crippen LogP) is 3.93. The SMILES string of the molecule is CCCC(C)CC(N)c1ccc(F)c(F)c1F. The van der Waals surface area contributed by atoms with Crippen molar-refractivity contribution in [2.24, 2.45) is 11.7 Å². The summed E-state index contributed by atoms with van der Waals surface area (Å²) in [4.78, 5) is 0. The number of hydrogen-bond donors (Lipinski definition) is 1. The first kappa shape index (κ1) is 14.0. The van der Waals surface area contributed by atoms with E-state index >= 15 is 0 Å². The van der Waals surface area contributed by atoms with Crippen molar-refractivity contribution in [2.75, 3.05) is 0 Å². The zero-order valence-corrected chi connectivity index (χ0v) is 10.1. The van der Waals surface area contributed by atoms with Gasteiger partial charge in [-0.25, -0.2) is 13.2 Å². The normalized spacial score (nSPS) is 14.7. The van der Waals surface area contributed by atoms with Gasteiger partial charge in [0.1, 0.15) is 0 Å². The van der Waals surface area contributed by atoms with Gasteiger partial charge in [-0.1, -0.05) is 32.8 Å². The first-order valence-electron chi connectivity index (χ1n) is 5.86. The minimum Gasteiger partial charge on any atom is -0.324 e. The maximum absolute atomic E-state index is 13.5. The van der Waals surface area contributed by atoms with Crippen LogP contribution in [0.2, 0.25) is 0 Å². The Hall–Kier alpha value is -1.03. The third-order valence-corrected chi connectivity index (χ3v) is 2.90. The molecule has 0 bridgehead atoms. The Labute approximate surface area is 99.8 Å². The van der Waals surface area contributed by atoms with Crippen LogP contribution in [0.25, 0.3) is 0 Å². The van der Waals surface area contributed by atoms with Crippen LogP contribution in [0.5, 0.6) is 0 Å². The number of halogens is 3. The quantitative estimate of drug-likeness (QED) is 0.781. The predicted molar refractivity (Wildman–Crippen MR) is 61.9 cm³/mol. The third-order valence-electron chi connectivity index (χ3n) is 2.90. The summed E-state index contributed by atoms with van der Waals surface area (Å²) >= 11 is 0. The Morgan fingerprint density at radius 1 is 1.18 bits per heavy atom. The molecule has 0 radical (unpaired) electrons. The summed E-state index contributed by atoms with van der Waals surface area (Å²) in [5, 5.41) is 0. The van der Waals surface area contributed by atoms with E-state index in [0.717, 1.165) is 18.9 Å². The molecule has 0 spiro atoms. The Bertz CT molecular complexity index is 379. The molecular formula is C13H18F3N. The maximum Gasteiger partial charge on any atom is 0.194 e. The highest BCUT2D eigenvalue weighted by Gasteiger charge is 2.19. The average molecular weight is 245 g/mol. The van der Waals surface area contributed by atoms with Gasteiger partial charge in [-0.05, 0) is 18.4 Å². The highest BCUT2D eigenvalue weighted by atomic mass is 19.2. The molecule has 0 saturated carbocycles. The highest BCUT2D eigenvalue weighted by Crippen LogP contribution is 2.25. The topological polar surface area (TPSA) is 26.0 Å². The van der Waals surface area contributed by atoms with Crippen molar-refractivity contribution in [1.82, 2.24) is 0 Å². The molecule has 1 aromatic rings. The molecule has 1 nitrogen and oxygen atoms in total. The second kappa shape index (κ2) is 6.05. The van der Waals surface area contributed by atoms with Crippen LogP contribution >= 0.6 is 0 Å². The molecule has 0 aliphatic heterocycles. The van der Waals surface area contributed by atoms with Gasteiger partial charge in [0.15, 0.2) is 17.5 Å². The average Bonchev–Trinajstić information content (AvgIpc) is 2.26. The second-order valence-corrected chi connectivity index (χ2v) is 4.50. The summed E-state index contributed by atoms with van der Waals surface area (Å²) < 4.78 is 39.2. The molecule has 0 heterocycles. The molecule has 4 heteroatoms. The van der Waals surface area contributed by atoms with Crippen LogP contribution in [0, 0.1) is 23.4 Å². The van der Waals surface area contributed by atoms with Crippen molar-refractivity contribution < 1.29 is 13.2 Å². The smallest absolute Gasteiger partial charge is 0.194 e. The van der Waals surface area contributed by atoms with E-state index in [2.05, 4.69) is 6.92 Å². The van der Waals surface area contributed by atoms with Crippen LogP contribution in [0.1, 0.15) is 44.7 Å². The molecule has 0 aromatic heterocycles. The van der Waals surface area contributed by atoms with Gasteiger partial charge in [0, 0.05) is 11.6 Å². The summed E-state index contributed by atoms with van der Waals surface area (Å²) in [6, 6.07) is 1.54. The molecule has 0 aliphatic rings. The summed E-state index contributed by atoms with van der Waals surface area (Å²) in [6.07, 6.45) is 2.57. The lowest BCUT2D eigenvalue weighted by atomic mass is 9.93. The molecule has 1 aromatic carbocycles. The van der Waals surface area contributed by atoms with Crippen molar-refractivity contribution in [3.8, 4) is 0 Å². The summed E-state index contributed by atoms with van der Waals surface area (Å²) in [5.41, 5.74) is 5.86. The van der Waals surface area contributed by atoms with Gasteiger partial charge in [0.25, 0.3) is 0 Å². The standard InChI is InChI=1S/C13H18F3N/c1-3-4-8(2)7-11(17)9-5-6-10(14)13(16)12(9)15/h5-6,8,11H,3-4,7,17H2,1-2H3. The Balaban J connectivity index is 2.82. The summed E-state index contributed by atoms with van der Waals surface area (Å²) in [7, 11) is 0. The lowest BCUT2D eigenvalue weighted by Gasteiger charge is -2.17. The Morgan fingerprint density at radius 3 is 2.41 bits per heavy atom. The zero-order valence-electron chi connectivity index (χ0n) is 10.1. The number of rotatable bonds is 5. The molecule has 0 amide bonds. The van der Waals surface area contributed by atoms with Crippen LogP contribution in [0.4, 0.5) is 13.2 Å². The largest absolute Gasteiger partial charge is 0.324 e. The first-order chi connectivity index (χ1) is 7.97. The Kier molecular flexibility index (Phi) is 5.00. The molecule has 2 unspecified atom stereocenters. The number of benzene rings is 1. The molecule has 1 rings (SSSR count). The minimum absolute atomic E-state index is 0.0480. The van der Waals surface area contributed by atoms with Crippen molar-refractivity contribution in [3.63, 3.8) is 0 Å². The van der Waals surface area contributed by atoms with Crippen molar-refractivity contribution in [1.29, 1.82) is 0 Å². The van der Waals surface area contributed by atoms with E-state index in [9.17, 15) is 13.2 Å². The highest BCUT2D eigenvalue weighted by molar-refractivity contribution is 5.23. The zero-order chi connectivity index (χ0) is 13.0. The van der Waals surface area contributed by atoms with Gasteiger partial charge in [0.2, 0.25) is 0 Å². The van der Waals surface area contributed by atoms with E-state index < -0.39 is 23.5 Å². The fourth-order valence-electron chi connectivity index (χ4n) is 2.00. The molecule has 2 N–H and O–H groups in total. The van der Waals surface area contributed by atoms with Gasteiger partial charge in [-0.2, -0.15) is 0 Å². The van der Waals surface area contributed by atoms with Crippen LogP contribution in [-0.4, -0.2) is 0 Å². The molecule has 0 aliphatic carbocycles. The second-order valence-electron chi connectivity index (χ2n) is 4.50. The lowest BCUT2D eigenvalue weighted by Crippen LogP contribution is -2.16. The monoisotopic (exact) mass is 245 g/mol. The van der Waals surface area contributed by atoms with Crippen molar-refractivity contribution >= 4 is 0 Å². The van der Waals surface area contributed by atoms with Crippen LogP contribution < -0.4 is 5.73 Å². The third kappa shape index (κ3) is 3.46. The van der Waals surface area contributed by atoms with Gasteiger partial charge in [-0.3, -0.25) is 0 Å². The van der Waals surface area contributed by atoms with Gasteiger partial charge < -0.3 is 5.73 Å². The number of hydrogen-bond acceptors (Lipinski definition) is 1. The molecule has 2 atom stereocenters. The van der Waals surface area contributed by atoms with E-state index in [0.29, 0.717) is 12.3 Å². The molecule has 96 valence electrons. The molecule has 0 saturated heterocycles. The molecule has 0 fully saturated rings. The first-order valence-corrected chi connectivity index (χ1v) is 5.86. The van der Waals surface area contributed by atoms with Crippen LogP contribution in [0.15, 0.2) is 12.1 Å². The van der Waals surface area contributed by atoms with E-state index in [1.54, 1.807) is 0 Å². The van der Waals surface area contributed by atoms with Crippen molar-refractivity contribution in [3.05, 3.63) is 35.1 Å². The van der Waals surface area contributed by atoms with Gasteiger partial charge in [-0.15, -0.1) is 0 Å².